The van der Waals surface area contributed by atoms with E-state index in [4.69, 9.17) is 15.9 Å². The molecule has 1 heterocycles. The molecule has 0 spiro atoms. The highest BCUT2D eigenvalue weighted by Crippen LogP contribution is 2.35. The molecule has 3 rings (SSSR count). The Bertz CT molecular complexity index is 989. The van der Waals surface area contributed by atoms with Crippen molar-refractivity contribution in [3.8, 4) is 23.8 Å². The van der Waals surface area contributed by atoms with E-state index >= 15 is 0 Å². The third kappa shape index (κ3) is 5.01. The standard InChI is InChI=1S/C23H21NO4S/c1-4-12-28-19-11-10-18(13-20(19)27-5-2)14-21-22(25)24(23(26)29-21)15-17-8-6-16(3)7-9-17/h1,6-11,13-14H,5,12,15H2,2-3H3/b21-14-. The molecule has 2 aromatic rings. The van der Waals surface area contributed by atoms with Crippen LogP contribution in [0.15, 0.2) is 47.4 Å². The van der Waals surface area contributed by atoms with Gasteiger partial charge in [0.05, 0.1) is 18.1 Å². The van der Waals surface area contributed by atoms with Crippen molar-refractivity contribution < 1.29 is 19.1 Å². The summed E-state index contributed by atoms with van der Waals surface area (Å²) in [5.74, 6) is 3.19. The van der Waals surface area contributed by atoms with Gasteiger partial charge in [-0.05, 0) is 54.9 Å². The van der Waals surface area contributed by atoms with E-state index < -0.39 is 0 Å². The molecular formula is C23H21NO4S. The van der Waals surface area contributed by atoms with Crippen LogP contribution >= 0.6 is 11.8 Å². The lowest BCUT2D eigenvalue weighted by molar-refractivity contribution is -0.123. The third-order valence-corrected chi connectivity index (χ3v) is 5.12. The van der Waals surface area contributed by atoms with E-state index in [2.05, 4.69) is 5.92 Å². The zero-order chi connectivity index (χ0) is 20.8. The number of benzene rings is 2. The second kappa shape index (κ2) is 9.35. The number of amides is 2. The number of aryl methyl sites for hydroxylation is 1. The van der Waals surface area contributed by atoms with Crippen molar-refractivity contribution in [1.82, 2.24) is 4.90 Å². The first-order valence-corrected chi connectivity index (χ1v) is 9.97. The van der Waals surface area contributed by atoms with Gasteiger partial charge in [-0.25, -0.2) is 0 Å². The molecule has 2 amide bonds. The van der Waals surface area contributed by atoms with Gasteiger partial charge in [-0.15, -0.1) is 6.42 Å². The Balaban J connectivity index is 1.80. The maximum atomic E-state index is 12.7. The largest absolute Gasteiger partial charge is 0.490 e. The van der Waals surface area contributed by atoms with Gasteiger partial charge in [-0.1, -0.05) is 41.8 Å². The summed E-state index contributed by atoms with van der Waals surface area (Å²) in [6, 6.07) is 13.1. The molecule has 1 aliphatic heterocycles. The average Bonchev–Trinajstić information content (AvgIpc) is 2.96. The number of hydrogen-bond acceptors (Lipinski definition) is 5. The Morgan fingerprint density at radius 3 is 2.55 bits per heavy atom. The van der Waals surface area contributed by atoms with Crippen LogP contribution in [0.2, 0.25) is 0 Å². The van der Waals surface area contributed by atoms with Gasteiger partial charge in [0, 0.05) is 0 Å². The van der Waals surface area contributed by atoms with E-state index in [-0.39, 0.29) is 24.3 Å². The Morgan fingerprint density at radius 1 is 1.10 bits per heavy atom. The normalized spacial score (nSPS) is 14.9. The molecule has 0 saturated carbocycles. The zero-order valence-electron chi connectivity index (χ0n) is 16.3. The maximum Gasteiger partial charge on any atom is 0.293 e. The second-order valence-electron chi connectivity index (χ2n) is 6.39. The fourth-order valence-electron chi connectivity index (χ4n) is 2.79. The number of carbonyl (C=O) groups is 2. The number of carbonyl (C=O) groups excluding carboxylic acids is 2. The molecule has 0 atom stereocenters. The van der Waals surface area contributed by atoms with Crippen LogP contribution in [-0.4, -0.2) is 29.3 Å². The lowest BCUT2D eigenvalue weighted by Gasteiger charge is -2.12. The van der Waals surface area contributed by atoms with Crippen LogP contribution in [0.1, 0.15) is 23.6 Å². The number of rotatable bonds is 7. The minimum atomic E-state index is -0.300. The molecular weight excluding hydrogens is 386 g/mol. The van der Waals surface area contributed by atoms with Crippen molar-refractivity contribution in [2.45, 2.75) is 20.4 Å². The summed E-state index contributed by atoms with van der Waals surface area (Å²) in [5.41, 5.74) is 2.78. The molecule has 0 bridgehead atoms. The molecule has 1 saturated heterocycles. The van der Waals surface area contributed by atoms with Gasteiger partial charge in [0.15, 0.2) is 11.5 Å². The predicted octanol–water partition coefficient (Wildman–Crippen LogP) is 4.64. The number of nitrogens with zero attached hydrogens (tertiary/aromatic N) is 1. The Morgan fingerprint density at radius 2 is 1.86 bits per heavy atom. The highest BCUT2D eigenvalue weighted by atomic mass is 32.2. The molecule has 2 aromatic carbocycles. The SMILES string of the molecule is C#CCOc1ccc(/C=C2\SC(=O)N(Cc3ccc(C)cc3)C2=O)cc1OCC. The highest BCUT2D eigenvalue weighted by Gasteiger charge is 2.35. The molecule has 29 heavy (non-hydrogen) atoms. The van der Waals surface area contributed by atoms with Crippen molar-refractivity contribution >= 4 is 29.0 Å². The molecule has 148 valence electrons. The Kier molecular flexibility index (Phi) is 6.63. The fourth-order valence-corrected chi connectivity index (χ4v) is 3.62. The van der Waals surface area contributed by atoms with E-state index in [0.717, 1.165) is 28.5 Å². The Labute approximate surface area is 174 Å². The van der Waals surface area contributed by atoms with Gasteiger partial charge in [0.1, 0.15) is 6.61 Å². The second-order valence-corrected chi connectivity index (χ2v) is 7.38. The maximum absolute atomic E-state index is 12.7. The summed E-state index contributed by atoms with van der Waals surface area (Å²) < 4.78 is 11.1. The van der Waals surface area contributed by atoms with Gasteiger partial charge in [-0.3, -0.25) is 14.5 Å². The number of hydrogen-bond donors (Lipinski definition) is 0. The Hall–Kier alpha value is -3.17. The molecule has 0 aromatic heterocycles. The molecule has 6 heteroatoms. The van der Waals surface area contributed by atoms with Gasteiger partial charge < -0.3 is 9.47 Å². The predicted molar refractivity (Wildman–Crippen MR) is 115 cm³/mol. The number of ether oxygens (including phenoxy) is 2. The highest BCUT2D eigenvalue weighted by molar-refractivity contribution is 8.18. The van der Waals surface area contributed by atoms with Crippen LogP contribution < -0.4 is 9.47 Å². The van der Waals surface area contributed by atoms with Gasteiger partial charge in [0.25, 0.3) is 11.1 Å². The van der Waals surface area contributed by atoms with Crippen LogP contribution in [-0.2, 0) is 11.3 Å². The molecule has 1 fully saturated rings. The van der Waals surface area contributed by atoms with E-state index in [1.54, 1.807) is 24.3 Å². The summed E-state index contributed by atoms with van der Waals surface area (Å²) in [4.78, 5) is 26.7. The minimum absolute atomic E-state index is 0.136. The van der Waals surface area contributed by atoms with E-state index in [0.29, 0.717) is 23.0 Å². The number of thioether (sulfide) groups is 1. The monoisotopic (exact) mass is 407 g/mol. The summed E-state index contributed by atoms with van der Waals surface area (Å²) in [7, 11) is 0. The molecule has 0 aliphatic carbocycles. The molecule has 5 nitrogen and oxygen atoms in total. The summed E-state index contributed by atoms with van der Waals surface area (Å²) in [5, 5.41) is -0.277. The first-order chi connectivity index (χ1) is 14.0. The van der Waals surface area contributed by atoms with Crippen LogP contribution in [0.3, 0.4) is 0 Å². The lowest BCUT2D eigenvalue weighted by Crippen LogP contribution is -2.27. The van der Waals surface area contributed by atoms with Crippen LogP contribution in [0, 0.1) is 19.3 Å². The van der Waals surface area contributed by atoms with Crippen molar-refractivity contribution in [2.24, 2.45) is 0 Å². The number of terminal acetylenes is 1. The smallest absolute Gasteiger partial charge is 0.293 e. The van der Waals surface area contributed by atoms with Gasteiger partial charge in [-0.2, -0.15) is 0 Å². The third-order valence-electron chi connectivity index (χ3n) is 4.21. The zero-order valence-corrected chi connectivity index (χ0v) is 17.1. The molecule has 0 radical (unpaired) electrons. The van der Waals surface area contributed by atoms with Crippen LogP contribution in [0.4, 0.5) is 4.79 Å². The quantitative estimate of drug-likeness (QED) is 0.494. The van der Waals surface area contributed by atoms with E-state index in [1.807, 2.05) is 38.1 Å². The van der Waals surface area contributed by atoms with Crippen molar-refractivity contribution in [3.05, 3.63) is 64.1 Å². The van der Waals surface area contributed by atoms with Crippen LogP contribution in [0.5, 0.6) is 11.5 Å². The lowest BCUT2D eigenvalue weighted by atomic mass is 10.1. The fraction of sp³-hybridized carbons (Fsp3) is 0.217. The van der Waals surface area contributed by atoms with Crippen molar-refractivity contribution in [1.29, 1.82) is 0 Å². The van der Waals surface area contributed by atoms with Crippen molar-refractivity contribution in [2.75, 3.05) is 13.2 Å². The molecule has 0 N–H and O–H groups in total. The first-order valence-electron chi connectivity index (χ1n) is 9.16. The van der Waals surface area contributed by atoms with E-state index in [9.17, 15) is 9.59 Å². The molecule has 1 aliphatic rings. The van der Waals surface area contributed by atoms with Crippen LogP contribution in [0.25, 0.3) is 6.08 Å². The number of imide groups is 1. The first kappa shape index (κ1) is 20.6. The average molecular weight is 407 g/mol. The summed E-state index contributed by atoms with van der Waals surface area (Å²) in [6.45, 7) is 4.71. The van der Waals surface area contributed by atoms with Gasteiger partial charge >= 0.3 is 0 Å². The summed E-state index contributed by atoms with van der Waals surface area (Å²) >= 11 is 0.936. The molecule has 0 unspecified atom stereocenters. The van der Waals surface area contributed by atoms with E-state index in [1.165, 1.54) is 4.90 Å². The summed E-state index contributed by atoms with van der Waals surface area (Å²) in [6.07, 6.45) is 6.93. The van der Waals surface area contributed by atoms with Crippen molar-refractivity contribution in [3.63, 3.8) is 0 Å². The minimum Gasteiger partial charge on any atom is -0.490 e. The van der Waals surface area contributed by atoms with Gasteiger partial charge in [0.2, 0.25) is 0 Å². The topological polar surface area (TPSA) is 55.8 Å².